The number of benzene rings is 1. The zero-order valence-corrected chi connectivity index (χ0v) is 15.6. The number of sulfone groups is 1. The fourth-order valence-corrected chi connectivity index (χ4v) is 5.02. The van der Waals surface area contributed by atoms with E-state index >= 15 is 0 Å². The first-order valence-corrected chi connectivity index (χ1v) is 10.6. The van der Waals surface area contributed by atoms with Crippen LogP contribution in [0.5, 0.6) is 5.75 Å². The molecule has 0 unspecified atom stereocenters. The molecule has 0 radical (unpaired) electrons. The van der Waals surface area contributed by atoms with E-state index in [4.69, 9.17) is 4.74 Å². The third kappa shape index (κ3) is 4.38. The Balaban J connectivity index is 1.58. The van der Waals surface area contributed by atoms with Crippen molar-refractivity contribution in [3.8, 4) is 5.75 Å². The molecule has 0 spiro atoms. The number of nitrogens with one attached hydrogen (secondary N) is 1. The molecule has 0 aliphatic heterocycles. The lowest BCUT2D eigenvalue weighted by atomic mass is 10.0. The van der Waals surface area contributed by atoms with E-state index in [0.29, 0.717) is 10.9 Å². The minimum atomic E-state index is -3.51. The van der Waals surface area contributed by atoms with Crippen molar-refractivity contribution < 1.29 is 17.9 Å². The number of thiazole rings is 1. The number of aryl methyl sites for hydroxylation is 2. The molecule has 0 fully saturated rings. The maximum Gasteiger partial charge on any atom is 0.227 e. The molecule has 1 heterocycles. The first kappa shape index (κ1) is 17.9. The van der Waals surface area contributed by atoms with E-state index < -0.39 is 9.84 Å². The van der Waals surface area contributed by atoms with E-state index in [1.807, 2.05) is 0 Å². The standard InChI is InChI=1S/C17H20N2O4S2/c1-23-12-6-8-13(9-7-12)25(21,22)11-10-16(20)19-17-18-14-4-2-3-5-15(14)24-17/h6-9H,2-5,10-11H2,1H3,(H,18,19,20). The predicted molar refractivity (Wildman–Crippen MR) is 97.0 cm³/mol. The first-order chi connectivity index (χ1) is 12.0. The zero-order chi connectivity index (χ0) is 17.9. The van der Waals surface area contributed by atoms with Gasteiger partial charge >= 0.3 is 0 Å². The van der Waals surface area contributed by atoms with Gasteiger partial charge in [0.05, 0.1) is 23.5 Å². The predicted octanol–water partition coefficient (Wildman–Crippen LogP) is 2.83. The van der Waals surface area contributed by atoms with E-state index in [2.05, 4.69) is 10.3 Å². The lowest BCUT2D eigenvalue weighted by molar-refractivity contribution is -0.115. The third-order valence-electron chi connectivity index (χ3n) is 4.11. The van der Waals surface area contributed by atoms with Crippen LogP contribution in [0, 0.1) is 0 Å². The van der Waals surface area contributed by atoms with Crippen LogP contribution in [0.25, 0.3) is 0 Å². The van der Waals surface area contributed by atoms with Crippen LogP contribution in [0.2, 0.25) is 0 Å². The number of hydrogen-bond acceptors (Lipinski definition) is 6. The van der Waals surface area contributed by atoms with Crippen molar-refractivity contribution in [1.29, 1.82) is 0 Å². The molecular formula is C17H20N2O4S2. The summed E-state index contributed by atoms with van der Waals surface area (Å²) in [5, 5.41) is 3.29. The fourth-order valence-electron chi connectivity index (χ4n) is 2.72. The average Bonchev–Trinajstić information content (AvgIpc) is 3.02. The van der Waals surface area contributed by atoms with Crippen LogP contribution in [0.4, 0.5) is 5.13 Å². The molecule has 134 valence electrons. The number of amides is 1. The van der Waals surface area contributed by atoms with Crippen LogP contribution in [-0.4, -0.2) is 32.2 Å². The van der Waals surface area contributed by atoms with Gasteiger partial charge < -0.3 is 10.1 Å². The quantitative estimate of drug-likeness (QED) is 0.833. The highest BCUT2D eigenvalue weighted by atomic mass is 32.2. The summed E-state index contributed by atoms with van der Waals surface area (Å²) in [6.07, 6.45) is 4.15. The molecule has 0 atom stereocenters. The van der Waals surface area contributed by atoms with Crippen LogP contribution in [0.15, 0.2) is 29.2 Å². The molecule has 6 nitrogen and oxygen atoms in total. The Morgan fingerprint density at radius 1 is 1.24 bits per heavy atom. The Bertz CT molecular complexity index is 834. The van der Waals surface area contributed by atoms with Crippen LogP contribution >= 0.6 is 11.3 Å². The molecule has 1 aliphatic carbocycles. The van der Waals surface area contributed by atoms with Gasteiger partial charge in [-0.3, -0.25) is 4.79 Å². The van der Waals surface area contributed by atoms with Gasteiger partial charge in [0.25, 0.3) is 0 Å². The molecule has 25 heavy (non-hydrogen) atoms. The van der Waals surface area contributed by atoms with Gasteiger partial charge in [0.2, 0.25) is 5.91 Å². The summed E-state index contributed by atoms with van der Waals surface area (Å²) in [6, 6.07) is 6.15. The maximum absolute atomic E-state index is 12.3. The van der Waals surface area contributed by atoms with E-state index in [1.165, 1.54) is 35.5 Å². The number of carbonyl (C=O) groups excluding carboxylic acids is 1. The van der Waals surface area contributed by atoms with Crippen molar-refractivity contribution in [3.63, 3.8) is 0 Å². The molecule has 2 aromatic rings. The number of carbonyl (C=O) groups is 1. The van der Waals surface area contributed by atoms with Gasteiger partial charge in [0.15, 0.2) is 15.0 Å². The SMILES string of the molecule is COc1ccc(S(=O)(=O)CCC(=O)Nc2nc3c(s2)CCCC3)cc1. The summed E-state index contributed by atoms with van der Waals surface area (Å²) < 4.78 is 29.6. The second-order valence-corrected chi connectivity index (χ2v) is 9.08. The highest BCUT2D eigenvalue weighted by Gasteiger charge is 2.19. The largest absolute Gasteiger partial charge is 0.497 e. The Hall–Kier alpha value is -1.93. The number of rotatable bonds is 6. The van der Waals surface area contributed by atoms with Gasteiger partial charge in [-0.05, 0) is 49.9 Å². The monoisotopic (exact) mass is 380 g/mol. The van der Waals surface area contributed by atoms with Gasteiger partial charge in [-0.25, -0.2) is 13.4 Å². The van der Waals surface area contributed by atoms with E-state index in [-0.39, 0.29) is 23.0 Å². The van der Waals surface area contributed by atoms with Crippen molar-refractivity contribution in [1.82, 2.24) is 4.98 Å². The normalized spacial score (nSPS) is 14.0. The van der Waals surface area contributed by atoms with E-state index in [0.717, 1.165) is 31.4 Å². The number of hydrogen-bond donors (Lipinski definition) is 1. The summed E-state index contributed by atoms with van der Waals surface area (Å²) >= 11 is 1.49. The summed E-state index contributed by atoms with van der Waals surface area (Å²) in [4.78, 5) is 17.9. The number of nitrogens with zero attached hydrogens (tertiary/aromatic N) is 1. The molecular weight excluding hydrogens is 360 g/mol. The van der Waals surface area contributed by atoms with Gasteiger partial charge in [-0.1, -0.05) is 0 Å². The number of ether oxygens (including phenoxy) is 1. The Morgan fingerprint density at radius 3 is 2.64 bits per heavy atom. The Kier molecular flexibility index (Phi) is 5.39. The minimum Gasteiger partial charge on any atom is -0.497 e. The molecule has 0 bridgehead atoms. The highest BCUT2D eigenvalue weighted by molar-refractivity contribution is 7.91. The summed E-state index contributed by atoms with van der Waals surface area (Å²) in [6.45, 7) is 0. The first-order valence-electron chi connectivity index (χ1n) is 8.13. The number of methoxy groups -OCH3 is 1. The maximum atomic E-state index is 12.3. The lowest BCUT2D eigenvalue weighted by Gasteiger charge is -2.06. The minimum absolute atomic E-state index is 0.0986. The molecule has 0 saturated carbocycles. The molecule has 1 aliphatic rings. The second-order valence-electron chi connectivity index (χ2n) is 5.89. The molecule has 1 aromatic carbocycles. The van der Waals surface area contributed by atoms with Crippen LogP contribution in [0.3, 0.4) is 0 Å². The average molecular weight is 380 g/mol. The van der Waals surface area contributed by atoms with Crippen LogP contribution in [0.1, 0.15) is 29.8 Å². The molecule has 0 saturated heterocycles. The van der Waals surface area contributed by atoms with Gasteiger partial charge in [0, 0.05) is 11.3 Å². The number of fused-ring (bicyclic) bond motifs is 1. The van der Waals surface area contributed by atoms with Crippen molar-refractivity contribution >= 4 is 32.2 Å². The van der Waals surface area contributed by atoms with Crippen molar-refractivity contribution in [2.45, 2.75) is 37.0 Å². The van der Waals surface area contributed by atoms with Gasteiger partial charge in [0.1, 0.15) is 5.75 Å². The molecule has 3 rings (SSSR count). The fraction of sp³-hybridized carbons (Fsp3) is 0.412. The Morgan fingerprint density at radius 2 is 1.96 bits per heavy atom. The summed E-state index contributed by atoms with van der Waals surface area (Å²) in [7, 11) is -1.99. The van der Waals surface area contributed by atoms with Crippen LogP contribution < -0.4 is 10.1 Å². The third-order valence-corrected chi connectivity index (χ3v) is 6.91. The summed E-state index contributed by atoms with van der Waals surface area (Å²) in [5.41, 5.74) is 1.07. The summed E-state index contributed by atoms with van der Waals surface area (Å²) in [5.74, 6) is 0.0172. The highest BCUT2D eigenvalue weighted by Crippen LogP contribution is 2.29. The molecule has 8 heteroatoms. The van der Waals surface area contributed by atoms with Crippen molar-refractivity contribution in [2.75, 3.05) is 18.2 Å². The topological polar surface area (TPSA) is 85.4 Å². The van der Waals surface area contributed by atoms with Crippen molar-refractivity contribution in [3.05, 3.63) is 34.8 Å². The zero-order valence-electron chi connectivity index (χ0n) is 13.9. The molecule has 1 aromatic heterocycles. The van der Waals surface area contributed by atoms with Gasteiger partial charge in [-0.2, -0.15) is 0 Å². The number of aromatic nitrogens is 1. The Labute approximate surface area is 151 Å². The van der Waals surface area contributed by atoms with Gasteiger partial charge in [-0.15, -0.1) is 11.3 Å². The molecule has 1 N–H and O–H groups in total. The molecule has 1 amide bonds. The van der Waals surface area contributed by atoms with Crippen molar-refractivity contribution in [2.24, 2.45) is 0 Å². The van der Waals surface area contributed by atoms with E-state index in [9.17, 15) is 13.2 Å². The second kappa shape index (κ2) is 7.53. The number of anilines is 1. The smallest absolute Gasteiger partial charge is 0.227 e. The van der Waals surface area contributed by atoms with Crippen LogP contribution in [-0.2, 0) is 27.5 Å². The lowest BCUT2D eigenvalue weighted by Crippen LogP contribution is -2.17. The van der Waals surface area contributed by atoms with E-state index in [1.54, 1.807) is 12.1 Å².